The van der Waals surface area contributed by atoms with Gasteiger partial charge in [-0.25, -0.2) is 4.68 Å². The van der Waals surface area contributed by atoms with Crippen LogP contribution in [0.4, 0.5) is 17.1 Å². The maximum Gasteiger partial charge on any atom is 0.262 e. The van der Waals surface area contributed by atoms with Crippen molar-refractivity contribution >= 4 is 51.8 Å². The normalized spacial score (nSPS) is 14.8. The quantitative estimate of drug-likeness (QED) is 0.291. The van der Waals surface area contributed by atoms with Crippen molar-refractivity contribution in [2.45, 2.75) is 23.6 Å². The largest absolute Gasteiger partial charge is 0.482 e. The summed E-state index contributed by atoms with van der Waals surface area (Å²) in [6.45, 7) is 4.71. The summed E-state index contributed by atoms with van der Waals surface area (Å²) in [5.74, 6) is 0.509. The molecule has 0 saturated heterocycles. The second kappa shape index (κ2) is 9.33. The summed E-state index contributed by atoms with van der Waals surface area (Å²) in [5, 5.41) is 13.5. The molecule has 180 valence electrons. The Morgan fingerprint density at radius 1 is 1.03 bits per heavy atom. The molecule has 2 aliphatic rings. The van der Waals surface area contributed by atoms with Gasteiger partial charge in [-0.05, 0) is 61.9 Å². The van der Waals surface area contributed by atoms with Gasteiger partial charge in [0.15, 0.2) is 6.61 Å². The van der Waals surface area contributed by atoms with E-state index in [1.54, 1.807) is 23.1 Å². The van der Waals surface area contributed by atoms with Crippen LogP contribution in [0, 0.1) is 0 Å². The third kappa shape index (κ3) is 4.20. The van der Waals surface area contributed by atoms with Gasteiger partial charge in [0.05, 0.1) is 28.5 Å². The highest BCUT2D eigenvalue weighted by atomic mass is 32.2. The zero-order valence-corrected chi connectivity index (χ0v) is 21.4. The first-order valence-electron chi connectivity index (χ1n) is 11.6. The number of nitrogens with one attached hydrogen (secondary N) is 2. The maximum atomic E-state index is 11.8. The molecule has 0 bridgehead atoms. The average Bonchev–Trinajstić information content (AvgIpc) is 3.28. The molecule has 0 aliphatic carbocycles. The highest BCUT2D eigenvalue weighted by molar-refractivity contribution is 7.99. The molecule has 0 saturated carbocycles. The molecule has 6 rings (SSSR count). The minimum atomic E-state index is -0.157. The van der Waals surface area contributed by atoms with Gasteiger partial charge in [-0.2, -0.15) is 5.10 Å². The molecular weight excluding hydrogens is 490 g/mol. The van der Waals surface area contributed by atoms with E-state index >= 15 is 0 Å². The van der Waals surface area contributed by atoms with Crippen molar-refractivity contribution in [3.8, 4) is 17.0 Å². The number of hydrogen-bond acceptors (Lipinski definition) is 7. The monoisotopic (exact) mass is 513 g/mol. The van der Waals surface area contributed by atoms with E-state index in [1.807, 2.05) is 48.2 Å². The Balaban J connectivity index is 1.39. The van der Waals surface area contributed by atoms with Crippen LogP contribution in [0.3, 0.4) is 0 Å². The third-order valence-electron chi connectivity index (χ3n) is 5.91. The number of anilines is 3. The van der Waals surface area contributed by atoms with Crippen LogP contribution in [0.2, 0.25) is 0 Å². The lowest BCUT2D eigenvalue weighted by Gasteiger charge is -2.21. The lowest BCUT2D eigenvalue weighted by Crippen LogP contribution is -2.25. The van der Waals surface area contributed by atoms with E-state index in [2.05, 4.69) is 52.0 Å². The fraction of sp³-hybridized carbons (Fsp3) is 0.148. The Kier molecular flexibility index (Phi) is 5.86. The zero-order chi connectivity index (χ0) is 24.6. The number of amides is 1. The van der Waals surface area contributed by atoms with Gasteiger partial charge in [-0.3, -0.25) is 9.79 Å². The number of aromatic nitrogens is 1. The van der Waals surface area contributed by atoms with Gasteiger partial charge >= 0.3 is 0 Å². The molecule has 0 unspecified atom stereocenters. The number of carbonyl (C=O) groups is 1. The van der Waals surface area contributed by atoms with E-state index in [-0.39, 0.29) is 12.5 Å². The molecule has 0 fully saturated rings. The Bertz CT molecular complexity index is 1600. The number of benzene rings is 3. The first-order chi connectivity index (χ1) is 17.6. The van der Waals surface area contributed by atoms with Crippen molar-refractivity contribution in [1.82, 2.24) is 4.68 Å². The van der Waals surface area contributed by atoms with E-state index in [1.165, 1.54) is 9.79 Å². The molecule has 3 heterocycles. The van der Waals surface area contributed by atoms with Crippen molar-refractivity contribution in [3.63, 3.8) is 0 Å². The minimum absolute atomic E-state index is 0.0353. The van der Waals surface area contributed by atoms with E-state index in [0.29, 0.717) is 18.0 Å². The molecule has 3 aromatic carbocycles. The van der Waals surface area contributed by atoms with Gasteiger partial charge < -0.3 is 15.4 Å². The standard InChI is InChI=1S/C27H23N5O2S2/c1-3-28-27-32(22(15-35-27)18-8-10-23-20(13-18)30-26(33)14-34-23)31-16(2)17-9-11-25-21(12-17)29-19-6-4-5-7-24(19)36-25/h4-13,15,29H,3,14H2,1-2H3,(H,30,33). The van der Waals surface area contributed by atoms with Gasteiger partial charge in [0.25, 0.3) is 5.91 Å². The summed E-state index contributed by atoms with van der Waals surface area (Å²) in [7, 11) is 0. The fourth-order valence-electron chi connectivity index (χ4n) is 4.15. The predicted molar refractivity (Wildman–Crippen MR) is 146 cm³/mol. The Morgan fingerprint density at radius 2 is 1.89 bits per heavy atom. The highest BCUT2D eigenvalue weighted by Crippen LogP contribution is 2.44. The number of fused-ring (bicyclic) bond motifs is 3. The molecular formula is C27H23N5O2S2. The van der Waals surface area contributed by atoms with Gasteiger partial charge in [-0.1, -0.05) is 30.0 Å². The molecule has 7 nitrogen and oxygen atoms in total. The number of thiazole rings is 1. The van der Waals surface area contributed by atoms with Crippen molar-refractivity contribution in [1.29, 1.82) is 0 Å². The number of nitrogens with zero attached hydrogens (tertiary/aromatic N) is 3. The van der Waals surface area contributed by atoms with Crippen molar-refractivity contribution in [2.24, 2.45) is 10.1 Å². The zero-order valence-electron chi connectivity index (χ0n) is 19.7. The second-order valence-corrected chi connectivity index (χ2v) is 10.3. The van der Waals surface area contributed by atoms with Crippen LogP contribution in [-0.2, 0) is 4.79 Å². The Labute approximate surface area is 216 Å². The molecule has 36 heavy (non-hydrogen) atoms. The predicted octanol–water partition coefficient (Wildman–Crippen LogP) is 5.95. The summed E-state index contributed by atoms with van der Waals surface area (Å²) in [4.78, 5) is 19.7. The van der Waals surface area contributed by atoms with E-state index in [9.17, 15) is 4.79 Å². The Morgan fingerprint density at radius 3 is 2.78 bits per heavy atom. The molecule has 0 radical (unpaired) electrons. The summed E-state index contributed by atoms with van der Waals surface area (Å²) in [5.41, 5.74) is 6.57. The number of hydrogen-bond donors (Lipinski definition) is 2. The van der Waals surface area contributed by atoms with Crippen LogP contribution in [-0.4, -0.2) is 29.4 Å². The van der Waals surface area contributed by atoms with Crippen LogP contribution in [0.15, 0.2) is 85.9 Å². The minimum Gasteiger partial charge on any atom is -0.482 e. The average molecular weight is 514 g/mol. The molecule has 2 aliphatic heterocycles. The summed E-state index contributed by atoms with van der Waals surface area (Å²) in [6, 6.07) is 20.5. The van der Waals surface area contributed by atoms with E-state index < -0.39 is 0 Å². The molecule has 0 spiro atoms. The highest BCUT2D eigenvalue weighted by Gasteiger charge is 2.19. The molecule has 1 aromatic heterocycles. The maximum absolute atomic E-state index is 11.8. The van der Waals surface area contributed by atoms with Gasteiger partial charge in [-0.15, -0.1) is 11.3 Å². The molecule has 0 atom stereocenters. The van der Waals surface area contributed by atoms with E-state index in [4.69, 9.17) is 9.84 Å². The smallest absolute Gasteiger partial charge is 0.262 e. The Hall–Kier alpha value is -3.82. The summed E-state index contributed by atoms with van der Waals surface area (Å²) >= 11 is 3.31. The van der Waals surface area contributed by atoms with Crippen LogP contribution in [0.25, 0.3) is 11.3 Å². The number of rotatable bonds is 4. The third-order valence-corrected chi connectivity index (χ3v) is 7.92. The molecule has 1 amide bonds. The molecule has 9 heteroatoms. The summed E-state index contributed by atoms with van der Waals surface area (Å²) < 4.78 is 7.40. The van der Waals surface area contributed by atoms with Gasteiger partial charge in [0.2, 0.25) is 4.80 Å². The van der Waals surface area contributed by atoms with Gasteiger partial charge in [0, 0.05) is 27.3 Å². The van der Waals surface area contributed by atoms with Crippen molar-refractivity contribution in [2.75, 3.05) is 23.8 Å². The molecule has 4 aromatic rings. The van der Waals surface area contributed by atoms with Crippen LogP contribution >= 0.6 is 23.1 Å². The second-order valence-electron chi connectivity index (χ2n) is 8.36. The topological polar surface area (TPSA) is 80.0 Å². The molecule has 2 N–H and O–H groups in total. The van der Waals surface area contributed by atoms with Crippen LogP contribution in [0.1, 0.15) is 19.4 Å². The number of ether oxygens (including phenoxy) is 1. The lowest BCUT2D eigenvalue weighted by molar-refractivity contribution is -0.118. The SMILES string of the molecule is CCN=c1scc(-c2ccc3c(c2)NC(=O)CO3)n1N=C(C)c1ccc2c(c1)Nc1ccccc1S2. The van der Waals surface area contributed by atoms with Crippen LogP contribution in [0.5, 0.6) is 5.75 Å². The number of para-hydroxylation sites is 1. The lowest BCUT2D eigenvalue weighted by atomic mass is 10.1. The first kappa shape index (κ1) is 22.6. The van der Waals surface area contributed by atoms with E-state index in [0.717, 1.165) is 38.7 Å². The summed E-state index contributed by atoms with van der Waals surface area (Å²) in [6.07, 6.45) is 0. The van der Waals surface area contributed by atoms with Crippen molar-refractivity contribution < 1.29 is 9.53 Å². The first-order valence-corrected chi connectivity index (χ1v) is 13.3. The van der Waals surface area contributed by atoms with Crippen molar-refractivity contribution in [3.05, 3.63) is 76.4 Å². The van der Waals surface area contributed by atoms with Gasteiger partial charge in [0.1, 0.15) is 5.75 Å². The van der Waals surface area contributed by atoms with Crippen LogP contribution < -0.4 is 20.2 Å². The number of carbonyl (C=O) groups excluding carboxylic acids is 1. The fourth-order valence-corrected chi connectivity index (χ4v) is 6.02.